The van der Waals surface area contributed by atoms with Crippen LogP contribution in [0.1, 0.15) is 25.7 Å². The summed E-state index contributed by atoms with van der Waals surface area (Å²) in [7, 11) is 0. The maximum absolute atomic E-state index is 12.6. The Morgan fingerprint density at radius 1 is 1.29 bits per heavy atom. The van der Waals surface area contributed by atoms with Crippen molar-refractivity contribution in [3.05, 3.63) is 0 Å². The van der Waals surface area contributed by atoms with Gasteiger partial charge in [0.05, 0.1) is 0 Å². The van der Waals surface area contributed by atoms with Crippen LogP contribution in [-0.2, 0) is 4.79 Å². The molecule has 2 fully saturated rings. The second-order valence-electron chi connectivity index (χ2n) is 4.60. The van der Waals surface area contributed by atoms with Crippen molar-refractivity contribution in [1.82, 2.24) is 5.32 Å². The summed E-state index contributed by atoms with van der Waals surface area (Å²) >= 11 is 0. The molecule has 0 atom stereocenters. The van der Waals surface area contributed by atoms with Gasteiger partial charge in [-0.3, -0.25) is 4.79 Å². The second kappa shape index (κ2) is 3.27. The Balaban J connectivity index is 2.09. The molecule has 0 aromatic rings. The van der Waals surface area contributed by atoms with E-state index in [0.717, 1.165) is 0 Å². The van der Waals surface area contributed by atoms with Crippen LogP contribution in [0.3, 0.4) is 0 Å². The minimum Gasteiger partial charge on any atom is -0.409 e. The van der Waals surface area contributed by atoms with Gasteiger partial charge in [0.2, 0.25) is 5.91 Å². The first-order valence-electron chi connectivity index (χ1n) is 5.15. The number of nitrogens with two attached hydrogens (primary N) is 1. The first kappa shape index (κ1) is 12.0. The van der Waals surface area contributed by atoms with Crippen LogP contribution < -0.4 is 11.1 Å². The summed E-state index contributed by atoms with van der Waals surface area (Å²) < 4.78 is 37.9. The number of hydrogen-bond donors (Lipinski definition) is 3. The molecule has 1 amide bonds. The SMILES string of the molecule is NC(=NO)C1(C(=O)NC2(C(F)(F)F)CC2)CC1. The van der Waals surface area contributed by atoms with Gasteiger partial charge >= 0.3 is 6.18 Å². The lowest BCUT2D eigenvalue weighted by Gasteiger charge is -2.23. The summed E-state index contributed by atoms with van der Waals surface area (Å²) in [5, 5.41) is 13.2. The fourth-order valence-electron chi connectivity index (χ4n) is 1.76. The molecule has 0 spiro atoms. The third-order valence-corrected chi connectivity index (χ3v) is 3.43. The third-order valence-electron chi connectivity index (χ3n) is 3.43. The van der Waals surface area contributed by atoms with E-state index in [2.05, 4.69) is 5.16 Å². The molecule has 2 saturated carbocycles. The summed E-state index contributed by atoms with van der Waals surface area (Å²) in [5.41, 5.74) is 1.98. The van der Waals surface area contributed by atoms with Crippen LogP contribution in [0.4, 0.5) is 13.2 Å². The number of alkyl halides is 3. The van der Waals surface area contributed by atoms with Crippen LogP contribution in [0.25, 0.3) is 0 Å². The molecule has 0 unspecified atom stereocenters. The van der Waals surface area contributed by atoms with Crippen LogP contribution >= 0.6 is 0 Å². The Bertz CT molecular complexity index is 383. The van der Waals surface area contributed by atoms with Gasteiger partial charge in [-0.05, 0) is 25.7 Å². The zero-order chi connectivity index (χ0) is 12.9. The largest absolute Gasteiger partial charge is 0.411 e. The van der Waals surface area contributed by atoms with Gasteiger partial charge in [-0.15, -0.1) is 0 Å². The molecular formula is C9H12F3N3O2. The predicted molar refractivity (Wildman–Crippen MR) is 51.2 cm³/mol. The van der Waals surface area contributed by atoms with Gasteiger partial charge in [-0.25, -0.2) is 0 Å². The highest BCUT2D eigenvalue weighted by Gasteiger charge is 2.67. The van der Waals surface area contributed by atoms with E-state index in [-0.39, 0.29) is 18.7 Å². The number of hydrogen-bond acceptors (Lipinski definition) is 3. The number of amidine groups is 1. The summed E-state index contributed by atoms with van der Waals surface area (Å²) in [6, 6.07) is 0. The van der Waals surface area contributed by atoms with Gasteiger partial charge in [0.15, 0.2) is 5.84 Å². The molecule has 0 bridgehead atoms. The van der Waals surface area contributed by atoms with Crippen LogP contribution in [0.5, 0.6) is 0 Å². The van der Waals surface area contributed by atoms with Gasteiger partial charge in [-0.1, -0.05) is 5.16 Å². The number of carbonyl (C=O) groups excluding carboxylic acids is 1. The predicted octanol–water partition coefficient (Wildman–Crippen LogP) is 0.724. The fraction of sp³-hybridized carbons (Fsp3) is 0.778. The van der Waals surface area contributed by atoms with E-state index >= 15 is 0 Å². The monoisotopic (exact) mass is 251 g/mol. The second-order valence-corrected chi connectivity index (χ2v) is 4.60. The summed E-state index contributed by atoms with van der Waals surface area (Å²) in [5.74, 6) is -1.13. The van der Waals surface area contributed by atoms with Crippen LogP contribution in [-0.4, -0.2) is 28.7 Å². The lowest BCUT2D eigenvalue weighted by molar-refractivity contribution is -0.171. The van der Waals surface area contributed by atoms with E-state index < -0.39 is 23.0 Å². The minimum atomic E-state index is -4.45. The van der Waals surface area contributed by atoms with Gasteiger partial charge in [0, 0.05) is 0 Å². The number of nitrogens with zero attached hydrogens (tertiary/aromatic N) is 1. The molecule has 4 N–H and O–H groups in total. The van der Waals surface area contributed by atoms with Crippen molar-refractivity contribution in [3.8, 4) is 0 Å². The number of halogens is 3. The molecule has 0 aliphatic heterocycles. The molecule has 5 nitrogen and oxygen atoms in total. The average molecular weight is 251 g/mol. The fourth-order valence-corrected chi connectivity index (χ4v) is 1.76. The molecule has 0 aromatic carbocycles. The van der Waals surface area contributed by atoms with E-state index in [1.807, 2.05) is 5.32 Å². The van der Waals surface area contributed by atoms with Crippen molar-refractivity contribution in [2.45, 2.75) is 37.4 Å². The highest BCUT2D eigenvalue weighted by atomic mass is 19.4. The number of rotatable bonds is 3. The molecule has 2 aliphatic rings. The number of oxime groups is 1. The number of amides is 1. The standard InChI is InChI=1S/C9H12F3N3O2/c10-9(11,12)8(3-4-8)14-6(16)7(1-2-7)5(13)15-17/h17H,1-4H2,(H2,13,15)(H,14,16). The molecule has 0 saturated heterocycles. The van der Waals surface area contributed by atoms with Crippen LogP contribution in [0, 0.1) is 5.41 Å². The smallest absolute Gasteiger partial charge is 0.409 e. The topological polar surface area (TPSA) is 87.7 Å². The Morgan fingerprint density at radius 3 is 2.12 bits per heavy atom. The lowest BCUT2D eigenvalue weighted by Crippen LogP contribution is -2.52. The Hall–Kier alpha value is -1.47. The minimum absolute atomic E-state index is 0.117. The zero-order valence-corrected chi connectivity index (χ0v) is 8.84. The number of carbonyl (C=O) groups is 1. The van der Waals surface area contributed by atoms with E-state index in [1.54, 1.807) is 0 Å². The Kier molecular flexibility index (Phi) is 2.31. The van der Waals surface area contributed by atoms with Gasteiger partial charge in [0.25, 0.3) is 0 Å². The molecule has 17 heavy (non-hydrogen) atoms. The van der Waals surface area contributed by atoms with Gasteiger partial charge in [0.1, 0.15) is 11.0 Å². The molecule has 0 radical (unpaired) electrons. The van der Waals surface area contributed by atoms with Crippen LogP contribution in [0.2, 0.25) is 0 Å². The van der Waals surface area contributed by atoms with Crippen molar-refractivity contribution in [2.75, 3.05) is 0 Å². The highest BCUT2D eigenvalue weighted by Crippen LogP contribution is 2.52. The van der Waals surface area contributed by atoms with Crippen molar-refractivity contribution >= 4 is 11.7 Å². The Labute approximate surface area is 94.8 Å². The molecular weight excluding hydrogens is 239 g/mol. The first-order valence-corrected chi connectivity index (χ1v) is 5.15. The molecule has 0 heterocycles. The van der Waals surface area contributed by atoms with E-state index in [1.165, 1.54) is 0 Å². The van der Waals surface area contributed by atoms with Gasteiger partial charge in [-0.2, -0.15) is 13.2 Å². The van der Waals surface area contributed by atoms with Crippen molar-refractivity contribution in [1.29, 1.82) is 0 Å². The molecule has 0 aromatic heterocycles. The summed E-state index contributed by atoms with van der Waals surface area (Å²) in [6.45, 7) is 0. The quantitative estimate of drug-likeness (QED) is 0.299. The van der Waals surface area contributed by atoms with Crippen molar-refractivity contribution in [2.24, 2.45) is 16.3 Å². The van der Waals surface area contributed by atoms with Crippen molar-refractivity contribution < 1.29 is 23.2 Å². The van der Waals surface area contributed by atoms with Gasteiger partial charge < -0.3 is 16.3 Å². The average Bonchev–Trinajstić information content (AvgIpc) is 3.08. The first-order chi connectivity index (χ1) is 7.77. The maximum atomic E-state index is 12.6. The molecule has 2 rings (SSSR count). The zero-order valence-electron chi connectivity index (χ0n) is 8.84. The van der Waals surface area contributed by atoms with Crippen molar-refractivity contribution in [3.63, 3.8) is 0 Å². The highest BCUT2D eigenvalue weighted by molar-refractivity contribution is 6.09. The summed E-state index contributed by atoms with van der Waals surface area (Å²) in [4.78, 5) is 11.7. The van der Waals surface area contributed by atoms with Crippen LogP contribution in [0.15, 0.2) is 5.16 Å². The Morgan fingerprint density at radius 2 is 1.82 bits per heavy atom. The molecule has 96 valence electrons. The van der Waals surface area contributed by atoms with E-state index in [9.17, 15) is 18.0 Å². The third kappa shape index (κ3) is 1.71. The van der Waals surface area contributed by atoms with E-state index in [0.29, 0.717) is 12.8 Å². The maximum Gasteiger partial charge on any atom is 0.411 e. The number of nitrogens with one attached hydrogen (secondary N) is 1. The summed E-state index contributed by atoms with van der Waals surface area (Å²) in [6.07, 6.45) is -4.07. The molecule has 8 heteroatoms. The van der Waals surface area contributed by atoms with E-state index in [4.69, 9.17) is 10.9 Å². The lowest BCUT2D eigenvalue weighted by atomic mass is 10.0. The normalized spacial score (nSPS) is 25.2. The molecule has 2 aliphatic carbocycles.